The number of carbonyl (C=O) groups excluding carboxylic acids is 1. The summed E-state index contributed by atoms with van der Waals surface area (Å²) in [5, 5.41) is 3.74. The molecule has 0 fully saturated rings. The molecule has 1 aromatic heterocycles. The standard InChI is InChI=1S/C12H15NO2/c1-8-3-10(6-12(14)4-8)5-11-7-13-15-9(11)2/h6-8H,3-5H2,1-2H3. The number of carbonyl (C=O) groups is 1. The van der Waals surface area contributed by atoms with Gasteiger partial charge in [-0.3, -0.25) is 4.79 Å². The van der Waals surface area contributed by atoms with Crippen LogP contribution in [0.4, 0.5) is 0 Å². The third kappa shape index (κ3) is 2.35. The lowest BCUT2D eigenvalue weighted by atomic mass is 9.87. The van der Waals surface area contributed by atoms with Crippen molar-refractivity contribution in [3.63, 3.8) is 0 Å². The smallest absolute Gasteiger partial charge is 0.155 e. The van der Waals surface area contributed by atoms with Crippen molar-refractivity contribution in [2.24, 2.45) is 5.92 Å². The number of aryl methyl sites for hydroxylation is 1. The van der Waals surface area contributed by atoms with Crippen LogP contribution in [0.3, 0.4) is 0 Å². The van der Waals surface area contributed by atoms with Gasteiger partial charge < -0.3 is 4.52 Å². The largest absolute Gasteiger partial charge is 0.361 e. The maximum atomic E-state index is 11.4. The first-order valence-electron chi connectivity index (χ1n) is 5.27. The molecule has 0 radical (unpaired) electrons. The molecule has 0 bridgehead atoms. The predicted octanol–water partition coefficient (Wildman–Crippen LogP) is 2.45. The molecule has 80 valence electrons. The van der Waals surface area contributed by atoms with E-state index in [2.05, 4.69) is 12.1 Å². The highest BCUT2D eigenvalue weighted by Gasteiger charge is 2.18. The van der Waals surface area contributed by atoms with E-state index in [1.165, 1.54) is 5.57 Å². The van der Waals surface area contributed by atoms with Crippen molar-refractivity contribution in [2.45, 2.75) is 33.1 Å². The molecule has 1 heterocycles. The summed E-state index contributed by atoms with van der Waals surface area (Å²) < 4.78 is 5.00. The van der Waals surface area contributed by atoms with Gasteiger partial charge in [-0.25, -0.2) is 0 Å². The number of nitrogens with zero attached hydrogens (tertiary/aromatic N) is 1. The van der Waals surface area contributed by atoms with Crippen molar-refractivity contribution in [2.75, 3.05) is 0 Å². The summed E-state index contributed by atoms with van der Waals surface area (Å²) in [6.07, 6.45) is 6.01. The molecule has 1 unspecified atom stereocenters. The molecule has 0 amide bonds. The fraction of sp³-hybridized carbons (Fsp3) is 0.500. The molecule has 1 aliphatic rings. The fourth-order valence-electron chi connectivity index (χ4n) is 2.07. The van der Waals surface area contributed by atoms with Crippen LogP contribution in [0.25, 0.3) is 0 Å². The van der Waals surface area contributed by atoms with Gasteiger partial charge in [0.05, 0.1) is 6.20 Å². The Kier molecular flexibility index (Phi) is 2.71. The minimum atomic E-state index is 0.248. The molecule has 3 heteroatoms. The van der Waals surface area contributed by atoms with E-state index in [-0.39, 0.29) is 5.78 Å². The highest BCUT2D eigenvalue weighted by molar-refractivity contribution is 5.91. The van der Waals surface area contributed by atoms with Crippen LogP contribution in [0.2, 0.25) is 0 Å². The number of rotatable bonds is 2. The normalized spacial score (nSPS) is 21.6. The molecule has 0 N–H and O–H groups in total. The number of hydrogen-bond donors (Lipinski definition) is 0. The Morgan fingerprint density at radius 1 is 1.53 bits per heavy atom. The molecule has 0 saturated heterocycles. The van der Waals surface area contributed by atoms with E-state index in [1.807, 2.05) is 6.92 Å². The van der Waals surface area contributed by atoms with E-state index in [4.69, 9.17) is 4.52 Å². The van der Waals surface area contributed by atoms with Crippen molar-refractivity contribution < 1.29 is 9.32 Å². The van der Waals surface area contributed by atoms with Crippen LogP contribution < -0.4 is 0 Å². The van der Waals surface area contributed by atoms with Crippen LogP contribution in [-0.4, -0.2) is 10.9 Å². The summed E-state index contributed by atoms with van der Waals surface area (Å²) in [6.45, 7) is 4.02. The monoisotopic (exact) mass is 205 g/mol. The molecule has 1 aromatic rings. The molecular formula is C12H15NO2. The van der Waals surface area contributed by atoms with Crippen molar-refractivity contribution in [1.29, 1.82) is 0 Å². The van der Waals surface area contributed by atoms with E-state index in [9.17, 15) is 4.79 Å². The van der Waals surface area contributed by atoms with E-state index >= 15 is 0 Å². The van der Waals surface area contributed by atoms with Crippen LogP contribution in [0.15, 0.2) is 22.4 Å². The highest BCUT2D eigenvalue weighted by Crippen LogP contribution is 2.25. The summed E-state index contributed by atoms with van der Waals surface area (Å²) in [6, 6.07) is 0. The van der Waals surface area contributed by atoms with Gasteiger partial charge in [-0.05, 0) is 31.8 Å². The molecule has 1 aliphatic carbocycles. The lowest BCUT2D eigenvalue weighted by Gasteiger charge is -2.17. The van der Waals surface area contributed by atoms with Gasteiger partial charge in [-0.15, -0.1) is 0 Å². The fourth-order valence-corrected chi connectivity index (χ4v) is 2.07. The minimum Gasteiger partial charge on any atom is -0.361 e. The van der Waals surface area contributed by atoms with Gasteiger partial charge >= 0.3 is 0 Å². The van der Waals surface area contributed by atoms with Crippen molar-refractivity contribution >= 4 is 5.78 Å². The molecule has 3 nitrogen and oxygen atoms in total. The molecule has 15 heavy (non-hydrogen) atoms. The van der Waals surface area contributed by atoms with Gasteiger partial charge in [0, 0.05) is 12.0 Å². The zero-order valence-electron chi connectivity index (χ0n) is 9.12. The Labute approximate surface area is 89.1 Å². The second-order valence-electron chi connectivity index (χ2n) is 4.37. The van der Waals surface area contributed by atoms with Gasteiger partial charge in [0.1, 0.15) is 5.76 Å². The van der Waals surface area contributed by atoms with Gasteiger partial charge in [-0.1, -0.05) is 17.7 Å². The highest BCUT2D eigenvalue weighted by atomic mass is 16.5. The predicted molar refractivity (Wildman–Crippen MR) is 56.4 cm³/mol. The average molecular weight is 205 g/mol. The van der Waals surface area contributed by atoms with E-state index in [1.54, 1.807) is 12.3 Å². The molecule has 0 aromatic carbocycles. The summed E-state index contributed by atoms with van der Waals surface area (Å²) in [5.41, 5.74) is 2.29. The molecule has 0 aliphatic heterocycles. The SMILES string of the molecule is Cc1oncc1CC1=CC(=O)CC(C)C1. The Morgan fingerprint density at radius 2 is 2.33 bits per heavy atom. The van der Waals surface area contributed by atoms with Crippen LogP contribution >= 0.6 is 0 Å². The Bertz CT molecular complexity index is 404. The zero-order valence-corrected chi connectivity index (χ0v) is 9.12. The Balaban J connectivity index is 2.12. The van der Waals surface area contributed by atoms with Crippen molar-refractivity contribution in [3.05, 3.63) is 29.2 Å². The van der Waals surface area contributed by atoms with E-state index in [0.29, 0.717) is 12.3 Å². The number of ketones is 1. The first kappa shape index (κ1) is 10.1. The van der Waals surface area contributed by atoms with Gasteiger partial charge in [0.25, 0.3) is 0 Å². The van der Waals surface area contributed by atoms with Crippen molar-refractivity contribution in [3.8, 4) is 0 Å². The molecular weight excluding hydrogens is 190 g/mol. The van der Waals surface area contributed by atoms with Gasteiger partial charge in [0.15, 0.2) is 5.78 Å². The maximum absolute atomic E-state index is 11.4. The second kappa shape index (κ2) is 4.01. The number of allylic oxidation sites excluding steroid dienone is 2. The molecule has 0 spiro atoms. The Morgan fingerprint density at radius 3 is 2.93 bits per heavy atom. The third-order valence-electron chi connectivity index (χ3n) is 2.79. The second-order valence-corrected chi connectivity index (χ2v) is 4.37. The van der Waals surface area contributed by atoms with Gasteiger partial charge in [0.2, 0.25) is 0 Å². The van der Waals surface area contributed by atoms with Crippen LogP contribution in [-0.2, 0) is 11.2 Å². The number of hydrogen-bond acceptors (Lipinski definition) is 3. The van der Waals surface area contributed by atoms with Crippen LogP contribution in [0, 0.1) is 12.8 Å². The maximum Gasteiger partial charge on any atom is 0.155 e. The van der Waals surface area contributed by atoms with E-state index in [0.717, 1.165) is 24.2 Å². The lowest BCUT2D eigenvalue weighted by molar-refractivity contribution is -0.115. The quantitative estimate of drug-likeness (QED) is 0.744. The number of aromatic nitrogens is 1. The first-order valence-corrected chi connectivity index (χ1v) is 5.27. The lowest BCUT2D eigenvalue weighted by Crippen LogP contribution is -2.12. The first-order chi connectivity index (χ1) is 7.15. The third-order valence-corrected chi connectivity index (χ3v) is 2.79. The topological polar surface area (TPSA) is 43.1 Å². The average Bonchev–Trinajstić information content (AvgIpc) is 2.50. The summed E-state index contributed by atoms with van der Waals surface area (Å²) in [4.78, 5) is 11.4. The summed E-state index contributed by atoms with van der Waals surface area (Å²) in [7, 11) is 0. The molecule has 0 saturated carbocycles. The van der Waals surface area contributed by atoms with Crippen LogP contribution in [0.1, 0.15) is 31.1 Å². The summed E-state index contributed by atoms with van der Waals surface area (Å²) >= 11 is 0. The zero-order chi connectivity index (χ0) is 10.8. The summed E-state index contributed by atoms with van der Waals surface area (Å²) in [5.74, 6) is 1.57. The van der Waals surface area contributed by atoms with E-state index < -0.39 is 0 Å². The van der Waals surface area contributed by atoms with Crippen molar-refractivity contribution in [1.82, 2.24) is 5.16 Å². The minimum absolute atomic E-state index is 0.248. The van der Waals surface area contributed by atoms with Gasteiger partial charge in [-0.2, -0.15) is 0 Å². The molecule has 1 atom stereocenters. The van der Waals surface area contributed by atoms with Crippen LogP contribution in [0.5, 0.6) is 0 Å². The molecule has 2 rings (SSSR count). The Hall–Kier alpha value is -1.38.